The van der Waals surface area contributed by atoms with E-state index in [-0.39, 0.29) is 12.0 Å². The van der Waals surface area contributed by atoms with Crippen molar-refractivity contribution >= 4 is 17.7 Å². The smallest absolute Gasteiger partial charge is 0.322 e. The van der Waals surface area contributed by atoms with Crippen LogP contribution in [0.1, 0.15) is 19.8 Å². The lowest BCUT2D eigenvalue weighted by Gasteiger charge is -2.15. The molecule has 0 bridgehead atoms. The minimum atomic E-state index is -0.240. The molecule has 1 atom stereocenters. The maximum atomic E-state index is 11.5. The molecule has 0 spiro atoms. The van der Waals surface area contributed by atoms with Crippen LogP contribution in [0, 0.1) is 0 Å². The molecule has 0 fully saturated rings. The fourth-order valence-electron chi connectivity index (χ4n) is 1.30. The molecule has 1 aromatic heterocycles. The summed E-state index contributed by atoms with van der Waals surface area (Å²) >= 11 is 1.54. The number of methoxy groups -OCH3 is 1. The van der Waals surface area contributed by atoms with Crippen LogP contribution in [0.5, 0.6) is 0 Å². The second kappa shape index (κ2) is 8.08. The summed E-state index contributed by atoms with van der Waals surface area (Å²) in [7, 11) is 1.41. The third kappa shape index (κ3) is 5.18. The van der Waals surface area contributed by atoms with Gasteiger partial charge in [0, 0.05) is 5.75 Å². The third-order valence-corrected chi connectivity index (χ3v) is 3.07. The molecule has 17 heavy (non-hydrogen) atoms. The van der Waals surface area contributed by atoms with Gasteiger partial charge >= 0.3 is 5.97 Å². The number of ether oxygens (including phenoxy) is 1. The Kier molecular flexibility index (Phi) is 6.64. The van der Waals surface area contributed by atoms with Crippen molar-refractivity contribution in [3.05, 3.63) is 6.33 Å². The summed E-state index contributed by atoms with van der Waals surface area (Å²) < 4.78 is 4.75. The predicted octanol–water partition coefficient (Wildman–Crippen LogP) is 0.828. The van der Waals surface area contributed by atoms with E-state index in [1.54, 1.807) is 0 Å². The van der Waals surface area contributed by atoms with Crippen molar-refractivity contribution in [2.75, 3.05) is 19.4 Å². The zero-order chi connectivity index (χ0) is 12.5. The molecule has 0 amide bonds. The molecule has 0 radical (unpaired) electrons. The largest absolute Gasteiger partial charge is 0.468 e. The molecule has 0 saturated heterocycles. The first kappa shape index (κ1) is 14.0. The summed E-state index contributed by atoms with van der Waals surface area (Å²) in [4.78, 5) is 15.5. The first-order valence-electron chi connectivity index (χ1n) is 5.57. The molecular formula is C10H18N4O2S. The number of nitrogens with one attached hydrogen (secondary N) is 2. The van der Waals surface area contributed by atoms with Crippen LogP contribution >= 0.6 is 11.8 Å². The van der Waals surface area contributed by atoms with Crippen molar-refractivity contribution in [2.45, 2.75) is 31.0 Å². The molecule has 0 aliphatic carbocycles. The van der Waals surface area contributed by atoms with Crippen LogP contribution in [0.15, 0.2) is 11.5 Å². The van der Waals surface area contributed by atoms with Crippen molar-refractivity contribution in [3.63, 3.8) is 0 Å². The van der Waals surface area contributed by atoms with Crippen molar-refractivity contribution in [2.24, 2.45) is 0 Å². The molecule has 0 aromatic carbocycles. The normalized spacial score (nSPS) is 12.4. The molecule has 0 aliphatic rings. The number of carbonyl (C=O) groups excluding carboxylic acids is 1. The number of H-pyrrole nitrogens is 1. The molecule has 1 heterocycles. The van der Waals surface area contributed by atoms with Crippen molar-refractivity contribution in [3.8, 4) is 0 Å². The molecule has 7 heteroatoms. The second-order valence-corrected chi connectivity index (χ2v) is 4.54. The maximum Gasteiger partial charge on any atom is 0.322 e. The van der Waals surface area contributed by atoms with E-state index in [2.05, 4.69) is 27.4 Å². The zero-order valence-electron chi connectivity index (χ0n) is 10.1. The highest BCUT2D eigenvalue weighted by Crippen LogP contribution is 2.13. The highest BCUT2D eigenvalue weighted by molar-refractivity contribution is 7.99. The lowest BCUT2D eigenvalue weighted by Crippen LogP contribution is -2.38. The second-order valence-electron chi connectivity index (χ2n) is 3.46. The molecule has 1 aromatic rings. The average molecular weight is 258 g/mol. The number of esters is 1. The number of aromatic nitrogens is 3. The van der Waals surface area contributed by atoms with Gasteiger partial charge < -0.3 is 10.1 Å². The van der Waals surface area contributed by atoms with Gasteiger partial charge in [-0.3, -0.25) is 9.89 Å². The summed E-state index contributed by atoms with van der Waals surface area (Å²) in [6, 6.07) is -0.240. The van der Waals surface area contributed by atoms with Crippen molar-refractivity contribution in [1.82, 2.24) is 20.5 Å². The van der Waals surface area contributed by atoms with Crippen LogP contribution in [0.25, 0.3) is 0 Å². The van der Waals surface area contributed by atoms with E-state index in [4.69, 9.17) is 4.74 Å². The average Bonchev–Trinajstić information content (AvgIpc) is 2.85. The highest BCUT2D eigenvalue weighted by Gasteiger charge is 2.17. The Morgan fingerprint density at radius 1 is 1.71 bits per heavy atom. The van der Waals surface area contributed by atoms with Gasteiger partial charge in [0.25, 0.3) is 0 Å². The van der Waals surface area contributed by atoms with Gasteiger partial charge in [-0.15, -0.1) is 0 Å². The third-order valence-electron chi connectivity index (χ3n) is 2.16. The van der Waals surface area contributed by atoms with E-state index in [9.17, 15) is 4.79 Å². The first-order chi connectivity index (χ1) is 8.27. The molecule has 6 nitrogen and oxygen atoms in total. The fourth-order valence-corrected chi connectivity index (χ4v) is 2.09. The number of nitrogens with zero attached hydrogens (tertiary/aromatic N) is 2. The minimum Gasteiger partial charge on any atom is -0.468 e. The van der Waals surface area contributed by atoms with Crippen LogP contribution in [-0.2, 0) is 9.53 Å². The Bertz CT molecular complexity index is 318. The van der Waals surface area contributed by atoms with Crippen LogP contribution in [0.2, 0.25) is 0 Å². The molecular weight excluding hydrogens is 240 g/mol. The fraction of sp³-hybridized carbons (Fsp3) is 0.700. The van der Waals surface area contributed by atoms with Gasteiger partial charge in [0.15, 0.2) is 5.16 Å². The quantitative estimate of drug-likeness (QED) is 0.531. The van der Waals surface area contributed by atoms with Gasteiger partial charge in [0.1, 0.15) is 12.4 Å². The van der Waals surface area contributed by atoms with Gasteiger partial charge in [0.2, 0.25) is 0 Å². The van der Waals surface area contributed by atoms with Crippen LogP contribution in [0.4, 0.5) is 0 Å². The highest BCUT2D eigenvalue weighted by atomic mass is 32.2. The van der Waals surface area contributed by atoms with Crippen molar-refractivity contribution in [1.29, 1.82) is 0 Å². The monoisotopic (exact) mass is 258 g/mol. The van der Waals surface area contributed by atoms with Crippen LogP contribution < -0.4 is 5.32 Å². The zero-order valence-corrected chi connectivity index (χ0v) is 10.9. The standard InChI is InChI=1S/C10H18N4O2S/c1-3-5-11-8(9(15)16-2)4-6-17-10-12-7-13-14-10/h7-8,11H,3-6H2,1-2H3,(H,12,13,14). The number of hydrogen-bond acceptors (Lipinski definition) is 6. The summed E-state index contributed by atoms with van der Waals surface area (Å²) in [6.07, 6.45) is 3.16. The van der Waals surface area contributed by atoms with Gasteiger partial charge in [-0.1, -0.05) is 18.7 Å². The molecule has 96 valence electrons. The molecule has 1 unspecified atom stereocenters. The lowest BCUT2D eigenvalue weighted by molar-refractivity contribution is -0.143. The topological polar surface area (TPSA) is 79.9 Å². The molecule has 1 rings (SSSR count). The van der Waals surface area contributed by atoms with Crippen LogP contribution in [0.3, 0.4) is 0 Å². The molecule has 0 aliphatic heterocycles. The minimum absolute atomic E-state index is 0.211. The van der Waals surface area contributed by atoms with E-state index in [0.717, 1.165) is 23.9 Å². The van der Waals surface area contributed by atoms with Crippen molar-refractivity contribution < 1.29 is 9.53 Å². The SMILES string of the molecule is CCCNC(CCSc1ncn[nH]1)C(=O)OC. The predicted molar refractivity (Wildman–Crippen MR) is 65.8 cm³/mol. The van der Waals surface area contributed by atoms with E-state index in [1.165, 1.54) is 25.2 Å². The Morgan fingerprint density at radius 3 is 3.12 bits per heavy atom. The first-order valence-corrected chi connectivity index (χ1v) is 6.55. The molecule has 0 saturated carbocycles. The number of carbonyl (C=O) groups is 1. The summed E-state index contributed by atoms with van der Waals surface area (Å²) in [6.45, 7) is 2.87. The lowest BCUT2D eigenvalue weighted by atomic mass is 10.2. The van der Waals surface area contributed by atoms with E-state index in [1.807, 2.05) is 0 Å². The van der Waals surface area contributed by atoms with Gasteiger partial charge in [0.05, 0.1) is 7.11 Å². The number of hydrogen-bond donors (Lipinski definition) is 2. The van der Waals surface area contributed by atoms with Gasteiger partial charge in [-0.25, -0.2) is 4.98 Å². The number of thioether (sulfide) groups is 1. The summed E-state index contributed by atoms with van der Waals surface area (Å²) in [5, 5.41) is 10.5. The van der Waals surface area contributed by atoms with Crippen LogP contribution in [-0.4, -0.2) is 46.6 Å². The Hall–Kier alpha value is -1.08. The number of rotatable bonds is 8. The Balaban J connectivity index is 2.30. The van der Waals surface area contributed by atoms with E-state index in [0.29, 0.717) is 6.42 Å². The Morgan fingerprint density at radius 2 is 2.53 bits per heavy atom. The number of aromatic amines is 1. The summed E-state index contributed by atoms with van der Waals surface area (Å²) in [5.41, 5.74) is 0. The van der Waals surface area contributed by atoms with E-state index < -0.39 is 0 Å². The van der Waals surface area contributed by atoms with Gasteiger partial charge in [-0.2, -0.15) is 5.10 Å². The summed E-state index contributed by atoms with van der Waals surface area (Å²) in [5.74, 6) is 0.572. The maximum absolute atomic E-state index is 11.5. The van der Waals surface area contributed by atoms with E-state index >= 15 is 0 Å². The Labute approximate surface area is 105 Å². The molecule has 2 N–H and O–H groups in total. The van der Waals surface area contributed by atoms with Gasteiger partial charge in [-0.05, 0) is 19.4 Å².